The van der Waals surface area contributed by atoms with Gasteiger partial charge in [-0.1, -0.05) is 6.42 Å². The molecule has 19 heavy (non-hydrogen) atoms. The number of nitrogens with zero attached hydrogens (tertiary/aromatic N) is 1. The van der Waals surface area contributed by atoms with Gasteiger partial charge in [-0.05, 0) is 25.0 Å². The van der Waals surface area contributed by atoms with Gasteiger partial charge in [-0.3, -0.25) is 4.79 Å². The summed E-state index contributed by atoms with van der Waals surface area (Å²) in [5.74, 6) is -4.49. The first-order chi connectivity index (χ1) is 8.99. The minimum Gasteiger partial charge on any atom is -0.342 e. The monoisotopic (exact) mass is 293 g/mol. The van der Waals surface area contributed by atoms with Crippen molar-refractivity contribution < 1.29 is 18.0 Å². The zero-order valence-corrected chi connectivity index (χ0v) is 11.3. The van der Waals surface area contributed by atoms with Gasteiger partial charge in [0.2, 0.25) is 0 Å². The van der Waals surface area contributed by atoms with Gasteiger partial charge in [0, 0.05) is 19.5 Å². The number of carbonyl (C=O) groups is 1. The number of benzene rings is 1. The van der Waals surface area contributed by atoms with Crippen LogP contribution in [0, 0.1) is 17.5 Å². The molecule has 1 aromatic rings. The van der Waals surface area contributed by atoms with E-state index < -0.39 is 28.9 Å². The molecular weight excluding hydrogens is 279 g/mol. The number of alkyl halides is 1. The highest BCUT2D eigenvalue weighted by molar-refractivity contribution is 6.17. The molecule has 0 atom stereocenters. The molecule has 0 saturated heterocycles. The summed E-state index contributed by atoms with van der Waals surface area (Å²) in [5, 5.41) is 0. The maximum absolute atomic E-state index is 13.4. The Labute approximate surface area is 115 Å². The van der Waals surface area contributed by atoms with Crippen molar-refractivity contribution in [2.24, 2.45) is 0 Å². The van der Waals surface area contributed by atoms with Crippen LogP contribution >= 0.6 is 11.6 Å². The average Bonchev–Trinajstić information content (AvgIpc) is 2.40. The molecule has 0 aliphatic heterocycles. The molecular formula is C13H15ClF3NO. The third kappa shape index (κ3) is 4.13. The summed E-state index contributed by atoms with van der Waals surface area (Å²) in [4.78, 5) is 13.1. The summed E-state index contributed by atoms with van der Waals surface area (Å²) < 4.78 is 39.2. The number of unbranched alkanes of at least 4 members (excludes halogenated alkanes) is 2. The van der Waals surface area contributed by atoms with Crippen molar-refractivity contribution in [3.8, 4) is 0 Å². The zero-order valence-electron chi connectivity index (χ0n) is 10.6. The van der Waals surface area contributed by atoms with Gasteiger partial charge in [0.05, 0.1) is 5.56 Å². The molecule has 0 unspecified atom stereocenters. The Balaban J connectivity index is 2.69. The zero-order chi connectivity index (χ0) is 14.4. The standard InChI is InChI=1S/C13H15ClF3NO/c1-18(8-4-2-3-7-14)13(19)9-5-6-10(15)12(17)11(9)16/h5-6H,2-4,7-8H2,1H3. The van der Waals surface area contributed by atoms with Gasteiger partial charge < -0.3 is 4.90 Å². The SMILES string of the molecule is CN(CCCCCCl)C(=O)c1ccc(F)c(F)c1F. The second kappa shape index (κ2) is 7.38. The van der Waals surface area contributed by atoms with Crippen molar-refractivity contribution in [1.82, 2.24) is 4.90 Å². The summed E-state index contributed by atoms with van der Waals surface area (Å²) in [6, 6.07) is 1.69. The van der Waals surface area contributed by atoms with Gasteiger partial charge >= 0.3 is 0 Å². The van der Waals surface area contributed by atoms with E-state index in [9.17, 15) is 18.0 Å². The van der Waals surface area contributed by atoms with Crippen LogP contribution in [-0.2, 0) is 0 Å². The first-order valence-corrected chi connectivity index (χ1v) is 6.47. The highest BCUT2D eigenvalue weighted by Gasteiger charge is 2.21. The highest BCUT2D eigenvalue weighted by Crippen LogP contribution is 2.16. The summed E-state index contributed by atoms with van der Waals surface area (Å²) in [6.07, 6.45) is 2.41. The van der Waals surface area contributed by atoms with E-state index in [-0.39, 0.29) is 0 Å². The van der Waals surface area contributed by atoms with Gasteiger partial charge in [0.25, 0.3) is 5.91 Å². The molecule has 0 fully saturated rings. The fourth-order valence-corrected chi connectivity index (χ4v) is 1.81. The molecule has 0 heterocycles. The van der Waals surface area contributed by atoms with E-state index in [4.69, 9.17) is 11.6 Å². The van der Waals surface area contributed by atoms with Crippen LogP contribution in [0.25, 0.3) is 0 Å². The van der Waals surface area contributed by atoms with Crippen LogP contribution in [0.5, 0.6) is 0 Å². The Hall–Kier alpha value is -1.23. The summed E-state index contributed by atoms with van der Waals surface area (Å²) in [5.41, 5.74) is -0.459. The van der Waals surface area contributed by atoms with E-state index in [1.54, 1.807) is 0 Å². The van der Waals surface area contributed by atoms with Crippen LogP contribution in [0.1, 0.15) is 29.6 Å². The Bertz CT molecular complexity index is 454. The third-order valence-corrected chi connectivity index (χ3v) is 3.01. The molecule has 0 aromatic heterocycles. The molecule has 0 spiro atoms. The van der Waals surface area contributed by atoms with E-state index in [0.29, 0.717) is 12.4 Å². The molecule has 2 nitrogen and oxygen atoms in total. The lowest BCUT2D eigenvalue weighted by atomic mass is 10.1. The topological polar surface area (TPSA) is 20.3 Å². The smallest absolute Gasteiger partial charge is 0.256 e. The molecule has 0 aliphatic carbocycles. The molecule has 0 radical (unpaired) electrons. The summed E-state index contributed by atoms with van der Waals surface area (Å²) >= 11 is 5.52. The fraction of sp³-hybridized carbons (Fsp3) is 0.462. The number of hydrogen-bond donors (Lipinski definition) is 0. The predicted molar refractivity (Wildman–Crippen MR) is 67.8 cm³/mol. The van der Waals surface area contributed by atoms with Crippen molar-refractivity contribution in [2.75, 3.05) is 19.5 Å². The molecule has 0 N–H and O–H groups in total. The maximum Gasteiger partial charge on any atom is 0.256 e. The molecule has 106 valence electrons. The van der Waals surface area contributed by atoms with Gasteiger partial charge in [-0.25, -0.2) is 13.2 Å². The van der Waals surface area contributed by atoms with Crippen LogP contribution in [0.15, 0.2) is 12.1 Å². The minimum absolute atomic E-state index is 0.411. The Morgan fingerprint density at radius 1 is 1.16 bits per heavy atom. The van der Waals surface area contributed by atoms with Gasteiger partial charge in [-0.2, -0.15) is 0 Å². The number of hydrogen-bond acceptors (Lipinski definition) is 1. The van der Waals surface area contributed by atoms with E-state index in [0.717, 1.165) is 31.4 Å². The first-order valence-electron chi connectivity index (χ1n) is 5.94. The average molecular weight is 294 g/mol. The third-order valence-electron chi connectivity index (χ3n) is 2.74. The number of rotatable bonds is 6. The molecule has 0 saturated carbocycles. The van der Waals surface area contributed by atoms with Crippen molar-refractivity contribution in [2.45, 2.75) is 19.3 Å². The Kier molecular flexibility index (Phi) is 6.15. The van der Waals surface area contributed by atoms with Crippen molar-refractivity contribution in [3.05, 3.63) is 35.1 Å². The van der Waals surface area contributed by atoms with Crippen LogP contribution in [0.3, 0.4) is 0 Å². The normalized spacial score (nSPS) is 10.6. The Morgan fingerprint density at radius 2 is 1.84 bits per heavy atom. The quantitative estimate of drug-likeness (QED) is 0.446. The molecule has 0 aliphatic rings. The number of amides is 1. The van der Waals surface area contributed by atoms with Crippen molar-refractivity contribution >= 4 is 17.5 Å². The van der Waals surface area contributed by atoms with E-state index >= 15 is 0 Å². The largest absolute Gasteiger partial charge is 0.342 e. The molecule has 1 rings (SSSR count). The number of halogens is 4. The number of carbonyl (C=O) groups excluding carboxylic acids is 1. The second-order valence-corrected chi connectivity index (χ2v) is 4.58. The summed E-state index contributed by atoms with van der Waals surface area (Å²) in [6.45, 7) is 0.411. The van der Waals surface area contributed by atoms with Crippen LogP contribution in [0.2, 0.25) is 0 Å². The first kappa shape index (κ1) is 15.8. The maximum atomic E-state index is 13.4. The highest BCUT2D eigenvalue weighted by atomic mass is 35.5. The van der Waals surface area contributed by atoms with E-state index in [1.165, 1.54) is 11.9 Å². The lowest BCUT2D eigenvalue weighted by molar-refractivity contribution is 0.0786. The van der Waals surface area contributed by atoms with Crippen molar-refractivity contribution in [3.63, 3.8) is 0 Å². The Morgan fingerprint density at radius 3 is 2.47 bits per heavy atom. The molecule has 1 amide bonds. The van der Waals surface area contributed by atoms with Gasteiger partial charge in [0.1, 0.15) is 0 Å². The van der Waals surface area contributed by atoms with Crippen LogP contribution in [-0.4, -0.2) is 30.3 Å². The lowest BCUT2D eigenvalue weighted by Crippen LogP contribution is -2.29. The van der Waals surface area contributed by atoms with Gasteiger partial charge in [-0.15, -0.1) is 11.6 Å². The van der Waals surface area contributed by atoms with Gasteiger partial charge in [0.15, 0.2) is 17.5 Å². The van der Waals surface area contributed by atoms with Crippen molar-refractivity contribution in [1.29, 1.82) is 0 Å². The van der Waals surface area contributed by atoms with E-state index in [1.807, 2.05) is 0 Å². The van der Waals surface area contributed by atoms with E-state index in [2.05, 4.69) is 0 Å². The van der Waals surface area contributed by atoms with Crippen LogP contribution in [0.4, 0.5) is 13.2 Å². The minimum atomic E-state index is -1.62. The molecule has 6 heteroatoms. The fourth-order valence-electron chi connectivity index (χ4n) is 1.62. The molecule has 0 bridgehead atoms. The predicted octanol–water partition coefficient (Wildman–Crippen LogP) is 3.59. The summed E-state index contributed by atoms with van der Waals surface area (Å²) in [7, 11) is 1.49. The van der Waals surface area contributed by atoms with Crippen LogP contribution < -0.4 is 0 Å². The second-order valence-electron chi connectivity index (χ2n) is 4.20. The molecule has 1 aromatic carbocycles. The lowest BCUT2D eigenvalue weighted by Gasteiger charge is -2.17.